The van der Waals surface area contributed by atoms with E-state index >= 15 is 0 Å². The Morgan fingerprint density at radius 2 is 1.64 bits per heavy atom. The molecule has 1 unspecified atom stereocenters. The molecule has 0 spiro atoms. The highest BCUT2D eigenvalue weighted by Gasteiger charge is 2.38. The van der Waals surface area contributed by atoms with E-state index in [0.717, 1.165) is 19.3 Å². The van der Waals surface area contributed by atoms with Crippen molar-refractivity contribution in [2.45, 2.75) is 44.6 Å². The molecule has 0 N–H and O–H groups in total. The average Bonchev–Trinajstić information content (AvgIpc) is 3.09. The molecule has 25 heavy (non-hydrogen) atoms. The highest BCUT2D eigenvalue weighted by molar-refractivity contribution is 5.89. The van der Waals surface area contributed by atoms with Crippen molar-refractivity contribution in [1.82, 2.24) is 4.90 Å². The van der Waals surface area contributed by atoms with Crippen molar-refractivity contribution >= 4 is 11.7 Å². The van der Waals surface area contributed by atoms with Gasteiger partial charge >= 0.3 is 0 Å². The molecule has 1 fully saturated rings. The Labute approximate surface area is 149 Å². The number of ketones is 1. The molecule has 0 radical (unpaired) electrons. The van der Waals surface area contributed by atoms with Crippen LogP contribution in [0.25, 0.3) is 0 Å². The van der Waals surface area contributed by atoms with E-state index in [1.165, 1.54) is 11.1 Å². The normalized spacial score (nSPS) is 19.8. The van der Waals surface area contributed by atoms with Gasteiger partial charge in [0.15, 0.2) is 5.78 Å². The molecule has 1 saturated heterocycles. The van der Waals surface area contributed by atoms with Gasteiger partial charge in [0.1, 0.15) is 0 Å². The van der Waals surface area contributed by atoms with Gasteiger partial charge in [0.2, 0.25) is 5.91 Å². The standard InChI is InChI=1S/C22H25NO2/c1-17(24)23-16-20(19-12-6-3-7-13-19)15-21(23)22(25)14-8-11-18-9-4-2-5-10-18/h2-7,9-10,12-13,20-21H,8,11,14-16H2,1H3/t20-,21?/m1/s1. The summed E-state index contributed by atoms with van der Waals surface area (Å²) in [6.45, 7) is 2.21. The van der Waals surface area contributed by atoms with Crippen molar-refractivity contribution in [1.29, 1.82) is 0 Å². The summed E-state index contributed by atoms with van der Waals surface area (Å²) in [7, 11) is 0. The minimum absolute atomic E-state index is 0.000148. The van der Waals surface area contributed by atoms with Crippen LogP contribution < -0.4 is 0 Å². The van der Waals surface area contributed by atoms with Crippen molar-refractivity contribution in [3.63, 3.8) is 0 Å². The van der Waals surface area contributed by atoms with Gasteiger partial charge in [-0.2, -0.15) is 0 Å². The fraction of sp³-hybridized carbons (Fsp3) is 0.364. The van der Waals surface area contributed by atoms with Crippen molar-refractivity contribution in [3.8, 4) is 0 Å². The third-order valence-electron chi connectivity index (χ3n) is 5.08. The highest BCUT2D eigenvalue weighted by Crippen LogP contribution is 2.32. The van der Waals surface area contributed by atoms with E-state index < -0.39 is 0 Å². The first-order valence-electron chi connectivity index (χ1n) is 9.04. The number of nitrogens with zero attached hydrogens (tertiary/aromatic N) is 1. The number of likely N-dealkylation sites (tertiary alicyclic amines) is 1. The molecule has 2 atom stereocenters. The topological polar surface area (TPSA) is 37.4 Å². The Bertz CT molecular complexity index is 711. The Morgan fingerprint density at radius 3 is 2.28 bits per heavy atom. The second kappa shape index (κ2) is 8.11. The third-order valence-corrected chi connectivity index (χ3v) is 5.08. The lowest BCUT2D eigenvalue weighted by atomic mass is 9.94. The van der Waals surface area contributed by atoms with Crippen LogP contribution in [0, 0.1) is 0 Å². The largest absolute Gasteiger partial charge is 0.332 e. The van der Waals surface area contributed by atoms with Crippen LogP contribution in [0.1, 0.15) is 43.2 Å². The number of carbonyl (C=O) groups excluding carboxylic acids is 2. The molecule has 130 valence electrons. The fourth-order valence-corrected chi connectivity index (χ4v) is 3.73. The zero-order chi connectivity index (χ0) is 17.6. The summed E-state index contributed by atoms with van der Waals surface area (Å²) in [5.41, 5.74) is 2.47. The van der Waals surface area contributed by atoms with Crippen LogP contribution in [-0.2, 0) is 16.0 Å². The molecule has 2 aromatic carbocycles. The van der Waals surface area contributed by atoms with Crippen LogP contribution in [0.5, 0.6) is 0 Å². The summed E-state index contributed by atoms with van der Waals surface area (Å²) >= 11 is 0. The first kappa shape index (κ1) is 17.4. The summed E-state index contributed by atoms with van der Waals surface area (Å²) in [5.74, 6) is 0.456. The number of Topliss-reactive ketones (excluding diaryl/α,β-unsaturated/α-hetero) is 1. The number of hydrogen-bond donors (Lipinski definition) is 0. The Morgan fingerprint density at radius 1 is 1.00 bits per heavy atom. The quantitative estimate of drug-likeness (QED) is 0.800. The molecule has 0 aromatic heterocycles. The molecule has 1 aliphatic rings. The van der Waals surface area contributed by atoms with Gasteiger partial charge in [-0.3, -0.25) is 9.59 Å². The maximum atomic E-state index is 12.7. The Kier molecular flexibility index (Phi) is 5.64. The molecule has 3 heteroatoms. The number of aryl methyl sites for hydroxylation is 1. The molecule has 0 aliphatic carbocycles. The second-order valence-electron chi connectivity index (χ2n) is 6.84. The lowest BCUT2D eigenvalue weighted by Crippen LogP contribution is -2.39. The fourth-order valence-electron chi connectivity index (χ4n) is 3.73. The maximum absolute atomic E-state index is 12.7. The molecule has 3 nitrogen and oxygen atoms in total. The zero-order valence-electron chi connectivity index (χ0n) is 14.7. The molecular formula is C22H25NO2. The summed E-state index contributed by atoms with van der Waals surface area (Å²) in [4.78, 5) is 26.5. The molecule has 2 aromatic rings. The van der Waals surface area contributed by atoms with E-state index in [-0.39, 0.29) is 23.7 Å². The van der Waals surface area contributed by atoms with E-state index in [1.807, 2.05) is 36.4 Å². The summed E-state index contributed by atoms with van der Waals surface area (Å²) in [6, 6.07) is 20.2. The van der Waals surface area contributed by atoms with E-state index in [1.54, 1.807) is 11.8 Å². The Balaban J connectivity index is 1.60. The first-order chi connectivity index (χ1) is 12.1. The van der Waals surface area contributed by atoms with Crippen LogP contribution in [-0.4, -0.2) is 29.2 Å². The number of hydrogen-bond acceptors (Lipinski definition) is 2. The number of benzene rings is 2. The minimum Gasteiger partial charge on any atom is -0.332 e. The van der Waals surface area contributed by atoms with Crippen molar-refractivity contribution in [2.75, 3.05) is 6.54 Å². The van der Waals surface area contributed by atoms with Crippen molar-refractivity contribution in [2.24, 2.45) is 0 Å². The SMILES string of the molecule is CC(=O)N1C[C@H](c2ccccc2)CC1C(=O)CCCc1ccccc1. The van der Waals surface area contributed by atoms with Gasteiger partial charge in [-0.1, -0.05) is 60.7 Å². The Hall–Kier alpha value is -2.42. The van der Waals surface area contributed by atoms with Gasteiger partial charge in [0, 0.05) is 25.8 Å². The first-order valence-corrected chi connectivity index (χ1v) is 9.04. The second-order valence-corrected chi connectivity index (χ2v) is 6.84. The predicted molar refractivity (Wildman–Crippen MR) is 99.4 cm³/mol. The smallest absolute Gasteiger partial charge is 0.220 e. The van der Waals surface area contributed by atoms with Crippen LogP contribution in [0.2, 0.25) is 0 Å². The van der Waals surface area contributed by atoms with Crippen LogP contribution in [0.4, 0.5) is 0 Å². The zero-order valence-corrected chi connectivity index (χ0v) is 14.7. The van der Waals surface area contributed by atoms with Gasteiger partial charge in [-0.25, -0.2) is 0 Å². The maximum Gasteiger partial charge on any atom is 0.220 e. The minimum atomic E-state index is -0.265. The number of rotatable bonds is 6. The van der Waals surface area contributed by atoms with Gasteiger partial charge in [-0.15, -0.1) is 0 Å². The van der Waals surface area contributed by atoms with Gasteiger partial charge < -0.3 is 4.90 Å². The summed E-state index contributed by atoms with van der Waals surface area (Å²) < 4.78 is 0. The lowest BCUT2D eigenvalue weighted by molar-refractivity contribution is -0.136. The summed E-state index contributed by atoms with van der Waals surface area (Å²) in [5, 5.41) is 0. The third kappa shape index (κ3) is 4.36. The van der Waals surface area contributed by atoms with E-state index in [9.17, 15) is 9.59 Å². The molecule has 0 saturated carbocycles. The number of amides is 1. The lowest BCUT2D eigenvalue weighted by Gasteiger charge is -2.22. The van der Waals surface area contributed by atoms with Gasteiger partial charge in [0.25, 0.3) is 0 Å². The van der Waals surface area contributed by atoms with Crippen LogP contribution >= 0.6 is 0 Å². The molecule has 0 bridgehead atoms. The average molecular weight is 335 g/mol. The van der Waals surface area contributed by atoms with Crippen molar-refractivity contribution < 1.29 is 9.59 Å². The highest BCUT2D eigenvalue weighted by atomic mass is 16.2. The molecule has 1 aliphatic heterocycles. The van der Waals surface area contributed by atoms with Crippen LogP contribution in [0.3, 0.4) is 0 Å². The molecule has 1 amide bonds. The molecule has 3 rings (SSSR count). The molecule has 1 heterocycles. The predicted octanol–water partition coefficient (Wildman–Crippen LogP) is 3.98. The van der Waals surface area contributed by atoms with E-state index in [0.29, 0.717) is 13.0 Å². The number of carbonyl (C=O) groups is 2. The monoisotopic (exact) mass is 335 g/mol. The van der Waals surface area contributed by atoms with Gasteiger partial charge in [-0.05, 0) is 30.4 Å². The van der Waals surface area contributed by atoms with Crippen LogP contribution in [0.15, 0.2) is 60.7 Å². The van der Waals surface area contributed by atoms with E-state index in [2.05, 4.69) is 24.3 Å². The van der Waals surface area contributed by atoms with Gasteiger partial charge in [0.05, 0.1) is 6.04 Å². The van der Waals surface area contributed by atoms with Crippen molar-refractivity contribution in [3.05, 3.63) is 71.8 Å². The van der Waals surface area contributed by atoms with E-state index in [4.69, 9.17) is 0 Å². The summed E-state index contributed by atoms with van der Waals surface area (Å²) in [6.07, 6.45) is 3.02. The molecular weight excluding hydrogens is 310 g/mol.